The van der Waals surface area contributed by atoms with Gasteiger partial charge in [0.1, 0.15) is 5.75 Å². The van der Waals surface area contributed by atoms with Gasteiger partial charge in [-0.05, 0) is 60.7 Å². The number of amides is 1. The van der Waals surface area contributed by atoms with Gasteiger partial charge in [0.25, 0.3) is 5.91 Å². The number of para-hydroxylation sites is 1. The fourth-order valence-corrected chi connectivity index (χ4v) is 3.92. The molecule has 2 aromatic carbocycles. The minimum absolute atomic E-state index is 0.213. The average molecular weight is 416 g/mol. The van der Waals surface area contributed by atoms with Crippen molar-refractivity contribution in [3.8, 4) is 5.75 Å². The maximum Gasteiger partial charge on any atom is 0.339 e. The summed E-state index contributed by atoms with van der Waals surface area (Å²) in [6.07, 6.45) is 2.56. The number of carbonyl (C=O) groups is 2. The van der Waals surface area contributed by atoms with Crippen LogP contribution in [0, 0.1) is 0 Å². The Kier molecular flexibility index (Phi) is 5.46. The quantitative estimate of drug-likeness (QED) is 0.649. The number of phenols is 1. The van der Waals surface area contributed by atoms with E-state index in [1.54, 1.807) is 33.2 Å². The Morgan fingerprint density at radius 2 is 1.81 bits per heavy atom. The van der Waals surface area contributed by atoms with Crippen molar-refractivity contribution in [2.45, 2.75) is 25.9 Å². The molecule has 0 bridgehead atoms. The van der Waals surface area contributed by atoms with Crippen LogP contribution >= 0.6 is 0 Å². The first kappa shape index (κ1) is 20.6. The number of rotatable bonds is 4. The third-order valence-corrected chi connectivity index (χ3v) is 5.45. The molecule has 3 aromatic rings. The van der Waals surface area contributed by atoms with Crippen LogP contribution in [0.25, 0.3) is 22.6 Å². The second kappa shape index (κ2) is 8.22. The molecular formula is C25H24N2O4. The smallest absolute Gasteiger partial charge is 0.339 e. The van der Waals surface area contributed by atoms with Gasteiger partial charge in [0, 0.05) is 19.5 Å². The lowest BCUT2D eigenvalue weighted by atomic mass is 10.0. The molecule has 6 nitrogen and oxygen atoms in total. The predicted molar refractivity (Wildman–Crippen MR) is 120 cm³/mol. The van der Waals surface area contributed by atoms with Gasteiger partial charge in [-0.25, -0.2) is 9.78 Å². The van der Waals surface area contributed by atoms with Crippen molar-refractivity contribution >= 4 is 34.4 Å². The molecule has 1 heterocycles. The second-order valence-electron chi connectivity index (χ2n) is 7.87. The number of benzene rings is 2. The number of fused-ring (bicyclic) bond motifs is 2. The van der Waals surface area contributed by atoms with E-state index in [1.807, 2.05) is 42.5 Å². The molecule has 0 spiro atoms. The maximum atomic E-state index is 13.2. The van der Waals surface area contributed by atoms with Crippen molar-refractivity contribution in [2.75, 3.05) is 14.1 Å². The standard InChI is InChI=1S/C25H24N2O4/c1-15(24(29)27(2)3)31-25(30)22-19-6-4-5-7-21(19)26-23-17(10-13-20(22)23)14-16-8-11-18(28)12-9-16/h4-9,11-12,14-15,28H,10,13H2,1-3H3/b17-14+/t15-/m0/s1. The molecule has 1 aliphatic carbocycles. The molecule has 0 aliphatic heterocycles. The molecule has 0 saturated carbocycles. The monoisotopic (exact) mass is 416 g/mol. The maximum absolute atomic E-state index is 13.2. The molecule has 31 heavy (non-hydrogen) atoms. The highest BCUT2D eigenvalue weighted by Gasteiger charge is 2.29. The lowest BCUT2D eigenvalue weighted by molar-refractivity contribution is -0.137. The highest BCUT2D eigenvalue weighted by atomic mass is 16.5. The van der Waals surface area contributed by atoms with Gasteiger partial charge in [0.05, 0.1) is 16.8 Å². The minimum Gasteiger partial charge on any atom is -0.508 e. The number of allylic oxidation sites excluding steroid dienone is 1. The van der Waals surface area contributed by atoms with Gasteiger partial charge >= 0.3 is 5.97 Å². The number of nitrogens with zero attached hydrogens (tertiary/aromatic N) is 2. The van der Waals surface area contributed by atoms with E-state index in [2.05, 4.69) is 0 Å². The van der Waals surface area contributed by atoms with E-state index in [0.717, 1.165) is 34.2 Å². The van der Waals surface area contributed by atoms with Crippen LogP contribution in [0.2, 0.25) is 0 Å². The highest BCUT2D eigenvalue weighted by Crippen LogP contribution is 2.38. The number of hydrogen-bond acceptors (Lipinski definition) is 5. The molecular weight excluding hydrogens is 392 g/mol. The van der Waals surface area contributed by atoms with Gasteiger partial charge in [0.2, 0.25) is 0 Å². The van der Waals surface area contributed by atoms with E-state index in [-0.39, 0.29) is 11.7 Å². The topological polar surface area (TPSA) is 79.7 Å². The van der Waals surface area contributed by atoms with Crippen LogP contribution in [0.4, 0.5) is 0 Å². The fourth-order valence-electron chi connectivity index (χ4n) is 3.92. The van der Waals surface area contributed by atoms with E-state index in [4.69, 9.17) is 9.72 Å². The van der Waals surface area contributed by atoms with Crippen molar-refractivity contribution in [3.63, 3.8) is 0 Å². The Balaban J connectivity index is 1.79. The van der Waals surface area contributed by atoms with E-state index in [0.29, 0.717) is 17.5 Å². The minimum atomic E-state index is -0.876. The molecule has 0 radical (unpaired) electrons. The van der Waals surface area contributed by atoms with E-state index >= 15 is 0 Å². The summed E-state index contributed by atoms with van der Waals surface area (Å²) in [4.78, 5) is 31.6. The first-order chi connectivity index (χ1) is 14.8. The molecule has 0 saturated heterocycles. The van der Waals surface area contributed by atoms with Gasteiger partial charge in [0.15, 0.2) is 6.10 Å². The van der Waals surface area contributed by atoms with Gasteiger partial charge in [-0.1, -0.05) is 30.3 Å². The molecule has 1 aliphatic rings. The summed E-state index contributed by atoms with van der Waals surface area (Å²) < 4.78 is 5.55. The molecule has 4 rings (SSSR count). The van der Waals surface area contributed by atoms with Crippen molar-refractivity contribution in [1.82, 2.24) is 9.88 Å². The first-order valence-corrected chi connectivity index (χ1v) is 10.2. The molecule has 158 valence electrons. The summed E-state index contributed by atoms with van der Waals surface area (Å²) in [5, 5.41) is 10.2. The molecule has 1 amide bonds. The molecule has 0 fully saturated rings. The van der Waals surface area contributed by atoms with Gasteiger partial charge in [-0.2, -0.15) is 0 Å². The van der Waals surface area contributed by atoms with E-state index in [9.17, 15) is 14.7 Å². The summed E-state index contributed by atoms with van der Waals surface area (Å²) in [5.41, 5.74) is 4.79. The number of pyridine rings is 1. The van der Waals surface area contributed by atoms with Crippen LogP contribution in [-0.2, 0) is 16.0 Å². The van der Waals surface area contributed by atoms with Crippen molar-refractivity contribution < 1.29 is 19.4 Å². The number of carbonyl (C=O) groups excluding carboxylic acids is 2. The summed E-state index contributed by atoms with van der Waals surface area (Å²) in [6, 6.07) is 14.4. The number of esters is 1. The molecule has 0 unspecified atom stereocenters. The van der Waals surface area contributed by atoms with Crippen molar-refractivity contribution in [1.29, 1.82) is 0 Å². The molecule has 1 N–H and O–H groups in total. The summed E-state index contributed by atoms with van der Waals surface area (Å²) in [6.45, 7) is 1.58. The number of phenolic OH excluding ortho intramolecular Hbond substituents is 1. The zero-order valence-corrected chi connectivity index (χ0v) is 17.8. The molecule has 1 aromatic heterocycles. The normalized spacial score (nSPS) is 15.0. The van der Waals surface area contributed by atoms with Crippen LogP contribution in [0.5, 0.6) is 5.75 Å². The first-order valence-electron chi connectivity index (χ1n) is 10.2. The largest absolute Gasteiger partial charge is 0.508 e. The molecule has 6 heteroatoms. The lowest BCUT2D eigenvalue weighted by Crippen LogP contribution is -2.35. The fraction of sp³-hybridized carbons (Fsp3) is 0.240. The van der Waals surface area contributed by atoms with Crippen LogP contribution in [0.1, 0.15) is 40.5 Å². The summed E-state index contributed by atoms with van der Waals surface area (Å²) >= 11 is 0. The Hall–Kier alpha value is -3.67. The van der Waals surface area contributed by atoms with E-state index < -0.39 is 12.1 Å². The zero-order chi connectivity index (χ0) is 22.1. The second-order valence-corrected chi connectivity index (χ2v) is 7.87. The van der Waals surface area contributed by atoms with Gasteiger partial charge in [-0.3, -0.25) is 4.79 Å². The number of likely N-dealkylation sites (N-methyl/N-ethyl adjacent to an activating group) is 1. The summed E-state index contributed by atoms with van der Waals surface area (Å²) in [7, 11) is 3.26. The van der Waals surface area contributed by atoms with Crippen LogP contribution < -0.4 is 0 Å². The average Bonchev–Trinajstić information content (AvgIpc) is 3.14. The van der Waals surface area contributed by atoms with Crippen LogP contribution in [0.3, 0.4) is 0 Å². The van der Waals surface area contributed by atoms with Crippen molar-refractivity contribution in [3.05, 3.63) is 70.9 Å². The van der Waals surface area contributed by atoms with Crippen LogP contribution in [-0.4, -0.2) is 47.1 Å². The number of aromatic hydroxyl groups is 1. The summed E-state index contributed by atoms with van der Waals surface area (Å²) in [5.74, 6) is -0.566. The molecule has 1 atom stereocenters. The SMILES string of the molecule is C[C@H](OC(=O)c1c2c(nc3ccccc13)/C(=C/c1ccc(O)cc1)CC2)C(=O)N(C)C. The third kappa shape index (κ3) is 4.01. The van der Waals surface area contributed by atoms with E-state index in [1.165, 1.54) is 4.90 Å². The zero-order valence-electron chi connectivity index (χ0n) is 17.8. The Morgan fingerprint density at radius 1 is 1.10 bits per heavy atom. The Bertz CT molecular complexity index is 1200. The van der Waals surface area contributed by atoms with Gasteiger partial charge in [-0.15, -0.1) is 0 Å². The Morgan fingerprint density at radius 3 is 2.52 bits per heavy atom. The number of hydrogen-bond donors (Lipinski definition) is 1. The van der Waals surface area contributed by atoms with Crippen molar-refractivity contribution in [2.24, 2.45) is 0 Å². The predicted octanol–water partition coefficient (Wildman–Crippen LogP) is 4.06. The number of aromatic nitrogens is 1. The third-order valence-electron chi connectivity index (χ3n) is 5.45. The Labute approximate surface area is 180 Å². The number of ether oxygens (including phenoxy) is 1. The lowest BCUT2D eigenvalue weighted by Gasteiger charge is -2.18. The van der Waals surface area contributed by atoms with Crippen LogP contribution in [0.15, 0.2) is 48.5 Å². The highest BCUT2D eigenvalue weighted by molar-refractivity contribution is 6.07. The van der Waals surface area contributed by atoms with Gasteiger partial charge < -0.3 is 14.7 Å².